The molecule has 7 heteroatoms. The molecular formula is C22H22BrFN2O3. The van der Waals surface area contributed by atoms with Gasteiger partial charge >= 0.3 is 5.69 Å². The zero-order chi connectivity index (χ0) is 21.0. The SMILES string of the molecule is CCCC(c1ccc(F)cc1)n1c(=O)c(Br)cn(Cc2ccc(OC)cc2)c1=O. The van der Waals surface area contributed by atoms with Gasteiger partial charge in [0.05, 0.1) is 24.2 Å². The Bertz CT molecular complexity index is 1090. The maximum absolute atomic E-state index is 13.4. The summed E-state index contributed by atoms with van der Waals surface area (Å²) < 4.78 is 21.6. The summed E-state index contributed by atoms with van der Waals surface area (Å²) in [7, 11) is 1.59. The Morgan fingerprint density at radius 2 is 1.72 bits per heavy atom. The second-order valence-electron chi connectivity index (χ2n) is 6.77. The molecule has 0 spiro atoms. The normalized spacial score (nSPS) is 12.0. The molecule has 1 heterocycles. The van der Waals surface area contributed by atoms with Gasteiger partial charge in [0.15, 0.2) is 0 Å². The Hall–Kier alpha value is -2.67. The standard InChI is InChI=1S/C22H22BrFN2O3/c1-3-4-20(16-7-9-17(24)10-8-16)26-21(27)19(23)14-25(22(26)28)13-15-5-11-18(29-2)12-6-15/h5-12,14,20H,3-4,13H2,1-2H3. The molecule has 5 nitrogen and oxygen atoms in total. The molecule has 0 saturated heterocycles. The van der Waals surface area contributed by atoms with Gasteiger partial charge < -0.3 is 4.74 Å². The van der Waals surface area contributed by atoms with E-state index in [1.165, 1.54) is 27.5 Å². The minimum absolute atomic E-state index is 0.300. The molecule has 0 aliphatic rings. The average Bonchev–Trinajstić information content (AvgIpc) is 2.72. The van der Waals surface area contributed by atoms with Gasteiger partial charge in [-0.15, -0.1) is 0 Å². The molecule has 0 radical (unpaired) electrons. The van der Waals surface area contributed by atoms with Crippen molar-refractivity contribution >= 4 is 15.9 Å². The van der Waals surface area contributed by atoms with E-state index in [9.17, 15) is 14.0 Å². The van der Waals surface area contributed by atoms with Crippen LogP contribution in [0.15, 0.2) is 68.8 Å². The van der Waals surface area contributed by atoms with E-state index >= 15 is 0 Å². The second-order valence-corrected chi connectivity index (χ2v) is 7.62. The highest BCUT2D eigenvalue weighted by Crippen LogP contribution is 2.22. The molecule has 0 saturated carbocycles. The third-order valence-electron chi connectivity index (χ3n) is 4.78. The van der Waals surface area contributed by atoms with Crippen LogP contribution in [0.3, 0.4) is 0 Å². The summed E-state index contributed by atoms with van der Waals surface area (Å²) in [5.41, 5.74) is 0.820. The maximum Gasteiger partial charge on any atom is 0.331 e. The van der Waals surface area contributed by atoms with Crippen molar-refractivity contribution in [3.8, 4) is 5.75 Å². The maximum atomic E-state index is 13.4. The van der Waals surface area contributed by atoms with Gasteiger partial charge in [-0.3, -0.25) is 13.9 Å². The van der Waals surface area contributed by atoms with Crippen LogP contribution in [-0.2, 0) is 6.54 Å². The molecule has 0 fully saturated rings. The van der Waals surface area contributed by atoms with Crippen LogP contribution >= 0.6 is 15.9 Å². The highest BCUT2D eigenvalue weighted by molar-refractivity contribution is 9.10. The smallest absolute Gasteiger partial charge is 0.331 e. The minimum atomic E-state index is -0.472. The van der Waals surface area contributed by atoms with Crippen LogP contribution < -0.4 is 16.0 Å². The van der Waals surface area contributed by atoms with Crippen LogP contribution in [0.2, 0.25) is 0 Å². The van der Waals surface area contributed by atoms with Gasteiger partial charge in [-0.25, -0.2) is 9.18 Å². The zero-order valence-corrected chi connectivity index (χ0v) is 17.9. The predicted octanol–water partition coefficient (Wildman–Crippen LogP) is 4.36. The molecule has 152 valence electrons. The van der Waals surface area contributed by atoms with Crippen LogP contribution in [-0.4, -0.2) is 16.2 Å². The quantitative estimate of drug-likeness (QED) is 0.526. The van der Waals surface area contributed by atoms with Crippen molar-refractivity contribution in [2.45, 2.75) is 32.4 Å². The van der Waals surface area contributed by atoms with Gasteiger partial charge in [0.1, 0.15) is 11.6 Å². The van der Waals surface area contributed by atoms with Gasteiger partial charge in [-0.2, -0.15) is 0 Å². The molecule has 3 aromatic rings. The molecule has 2 aromatic carbocycles. The zero-order valence-electron chi connectivity index (χ0n) is 16.3. The summed E-state index contributed by atoms with van der Waals surface area (Å²) in [5, 5.41) is 0. The van der Waals surface area contributed by atoms with Crippen molar-refractivity contribution < 1.29 is 9.13 Å². The topological polar surface area (TPSA) is 53.2 Å². The molecule has 29 heavy (non-hydrogen) atoms. The Labute approximate surface area is 176 Å². The molecular weight excluding hydrogens is 439 g/mol. The molecule has 0 aliphatic carbocycles. The van der Waals surface area contributed by atoms with Gasteiger partial charge in [-0.1, -0.05) is 37.6 Å². The largest absolute Gasteiger partial charge is 0.497 e. The van der Waals surface area contributed by atoms with Crippen LogP contribution in [0.25, 0.3) is 0 Å². The lowest BCUT2D eigenvalue weighted by Crippen LogP contribution is -2.42. The number of halogens is 2. The van der Waals surface area contributed by atoms with Gasteiger partial charge in [0, 0.05) is 6.20 Å². The van der Waals surface area contributed by atoms with Crippen molar-refractivity contribution in [3.05, 3.63) is 97.0 Å². The summed E-state index contributed by atoms with van der Waals surface area (Å²) in [4.78, 5) is 26.1. The van der Waals surface area contributed by atoms with E-state index in [0.717, 1.165) is 23.3 Å². The lowest BCUT2D eigenvalue weighted by atomic mass is 10.0. The van der Waals surface area contributed by atoms with E-state index in [1.807, 2.05) is 31.2 Å². The van der Waals surface area contributed by atoms with Gasteiger partial charge in [0.2, 0.25) is 0 Å². The average molecular weight is 461 g/mol. The van der Waals surface area contributed by atoms with E-state index in [-0.39, 0.29) is 5.82 Å². The summed E-state index contributed by atoms with van der Waals surface area (Å²) >= 11 is 3.30. The lowest BCUT2D eigenvalue weighted by molar-refractivity contribution is 0.414. The molecule has 0 N–H and O–H groups in total. The minimum Gasteiger partial charge on any atom is -0.497 e. The van der Waals surface area contributed by atoms with Gasteiger partial charge in [0.25, 0.3) is 5.56 Å². The van der Waals surface area contributed by atoms with Crippen molar-refractivity contribution in [3.63, 3.8) is 0 Å². The van der Waals surface area contributed by atoms with E-state index in [0.29, 0.717) is 17.4 Å². The number of rotatable bonds is 7. The highest BCUT2D eigenvalue weighted by atomic mass is 79.9. The van der Waals surface area contributed by atoms with Crippen LogP contribution in [0.5, 0.6) is 5.75 Å². The molecule has 1 atom stereocenters. The molecule has 3 rings (SSSR count). The first-order chi connectivity index (χ1) is 13.9. The second kappa shape index (κ2) is 9.22. The number of nitrogens with zero attached hydrogens (tertiary/aromatic N) is 2. The van der Waals surface area contributed by atoms with Crippen LogP contribution in [0.4, 0.5) is 4.39 Å². The number of benzene rings is 2. The van der Waals surface area contributed by atoms with Crippen molar-refractivity contribution in [1.82, 2.24) is 9.13 Å². The number of methoxy groups -OCH3 is 1. The molecule has 0 aliphatic heterocycles. The molecule has 0 amide bonds. The van der Waals surface area contributed by atoms with E-state index in [1.54, 1.807) is 19.2 Å². The first kappa shape index (κ1) is 21.0. The van der Waals surface area contributed by atoms with Crippen molar-refractivity contribution in [2.24, 2.45) is 0 Å². The fraction of sp³-hybridized carbons (Fsp3) is 0.273. The fourth-order valence-electron chi connectivity index (χ4n) is 3.31. The fourth-order valence-corrected chi connectivity index (χ4v) is 3.74. The molecule has 0 bridgehead atoms. The van der Waals surface area contributed by atoms with Crippen molar-refractivity contribution in [2.75, 3.05) is 7.11 Å². The third kappa shape index (κ3) is 4.67. The first-order valence-corrected chi connectivity index (χ1v) is 10.1. The van der Waals surface area contributed by atoms with E-state index in [2.05, 4.69) is 15.9 Å². The van der Waals surface area contributed by atoms with E-state index in [4.69, 9.17) is 4.74 Å². The summed E-state index contributed by atoms with van der Waals surface area (Å²) in [6.45, 7) is 2.29. The van der Waals surface area contributed by atoms with Gasteiger partial charge in [-0.05, 0) is 57.7 Å². The summed E-state index contributed by atoms with van der Waals surface area (Å²) in [6, 6.07) is 12.9. The molecule has 1 aromatic heterocycles. The Morgan fingerprint density at radius 3 is 2.31 bits per heavy atom. The Kier molecular flexibility index (Phi) is 6.69. The van der Waals surface area contributed by atoms with Crippen LogP contribution in [0.1, 0.15) is 36.9 Å². The summed E-state index contributed by atoms with van der Waals surface area (Å²) in [6.07, 6.45) is 2.86. The number of ether oxygens (including phenoxy) is 1. The Balaban J connectivity index is 2.08. The van der Waals surface area contributed by atoms with Crippen LogP contribution in [0, 0.1) is 5.82 Å². The van der Waals surface area contributed by atoms with Crippen molar-refractivity contribution in [1.29, 1.82) is 0 Å². The number of hydrogen-bond acceptors (Lipinski definition) is 3. The Morgan fingerprint density at radius 1 is 1.07 bits per heavy atom. The lowest BCUT2D eigenvalue weighted by Gasteiger charge is -2.21. The third-order valence-corrected chi connectivity index (χ3v) is 5.33. The van der Waals surface area contributed by atoms with E-state index < -0.39 is 17.3 Å². The number of hydrogen-bond donors (Lipinski definition) is 0. The summed E-state index contributed by atoms with van der Waals surface area (Å²) in [5.74, 6) is 0.370. The molecule has 1 unspecified atom stereocenters. The monoisotopic (exact) mass is 460 g/mol. The predicted molar refractivity (Wildman–Crippen MR) is 114 cm³/mol. The highest BCUT2D eigenvalue weighted by Gasteiger charge is 2.20. The number of aromatic nitrogens is 2. The first-order valence-electron chi connectivity index (χ1n) is 9.34.